The van der Waals surface area contributed by atoms with Crippen LogP contribution in [0.5, 0.6) is 11.5 Å². The van der Waals surface area contributed by atoms with E-state index in [-0.39, 0.29) is 0 Å². The first-order valence-electron chi connectivity index (χ1n) is 6.79. The number of hydrogen-bond acceptors (Lipinski definition) is 5. The van der Waals surface area contributed by atoms with Crippen LogP contribution in [-0.2, 0) is 6.54 Å². The molecule has 1 aliphatic heterocycles. The fourth-order valence-corrected chi connectivity index (χ4v) is 3.91. The Labute approximate surface area is 137 Å². The molecule has 0 bridgehead atoms. The van der Waals surface area contributed by atoms with Gasteiger partial charge in [0.25, 0.3) is 0 Å². The molecule has 3 rings (SSSR count). The van der Waals surface area contributed by atoms with Crippen molar-refractivity contribution in [3.63, 3.8) is 0 Å². The van der Waals surface area contributed by atoms with Gasteiger partial charge in [-0.15, -0.1) is 23.1 Å². The quantitative estimate of drug-likeness (QED) is 0.634. The minimum absolute atomic E-state index is 0.631. The van der Waals surface area contributed by atoms with Gasteiger partial charge in [-0.05, 0) is 30.3 Å². The first-order chi connectivity index (χ1) is 10.3. The van der Waals surface area contributed by atoms with Crippen LogP contribution in [0.4, 0.5) is 0 Å². The molecule has 0 atom stereocenters. The summed E-state index contributed by atoms with van der Waals surface area (Å²) in [5.74, 6) is 2.71. The Morgan fingerprint density at radius 3 is 2.81 bits per heavy atom. The fraction of sp³-hybridized carbons (Fsp3) is 0.333. The number of hydrogen-bond donors (Lipinski definition) is 1. The van der Waals surface area contributed by atoms with Crippen molar-refractivity contribution in [2.45, 2.75) is 11.4 Å². The van der Waals surface area contributed by atoms with Gasteiger partial charge in [-0.3, -0.25) is 0 Å². The highest BCUT2D eigenvalue weighted by Crippen LogP contribution is 2.34. The highest BCUT2D eigenvalue weighted by atomic mass is 35.5. The number of benzene rings is 1. The van der Waals surface area contributed by atoms with E-state index in [1.165, 1.54) is 9.77 Å². The van der Waals surface area contributed by atoms with Crippen molar-refractivity contribution in [3.05, 3.63) is 39.5 Å². The van der Waals surface area contributed by atoms with Crippen molar-refractivity contribution in [1.29, 1.82) is 0 Å². The van der Waals surface area contributed by atoms with E-state index in [2.05, 4.69) is 23.5 Å². The molecule has 0 saturated heterocycles. The number of thioether (sulfide) groups is 1. The number of nitrogens with one attached hydrogen (secondary N) is 1. The smallest absolute Gasteiger partial charge is 0.162 e. The maximum atomic E-state index is 5.90. The van der Waals surface area contributed by atoms with Crippen molar-refractivity contribution in [2.24, 2.45) is 0 Å². The Morgan fingerprint density at radius 1 is 1.14 bits per heavy atom. The summed E-state index contributed by atoms with van der Waals surface area (Å²) in [6, 6.07) is 10.1. The van der Waals surface area contributed by atoms with E-state index < -0.39 is 0 Å². The summed E-state index contributed by atoms with van der Waals surface area (Å²) >= 11 is 9.34. The fourth-order valence-electron chi connectivity index (χ4n) is 2.01. The molecule has 0 aliphatic carbocycles. The monoisotopic (exact) mass is 341 g/mol. The SMILES string of the molecule is Clc1ccc(CNCCSc2ccc3c(c2)OCCO3)s1. The molecule has 0 amide bonds. The van der Waals surface area contributed by atoms with Crippen molar-refractivity contribution < 1.29 is 9.47 Å². The number of fused-ring (bicyclic) bond motifs is 1. The van der Waals surface area contributed by atoms with Crippen LogP contribution in [0.1, 0.15) is 4.88 Å². The molecule has 21 heavy (non-hydrogen) atoms. The zero-order valence-electron chi connectivity index (χ0n) is 11.4. The van der Waals surface area contributed by atoms with Crippen LogP contribution in [0.15, 0.2) is 35.2 Å². The summed E-state index contributed by atoms with van der Waals surface area (Å²) < 4.78 is 11.9. The predicted molar refractivity (Wildman–Crippen MR) is 89.2 cm³/mol. The van der Waals surface area contributed by atoms with Gasteiger partial charge in [0.05, 0.1) is 4.34 Å². The predicted octanol–water partition coefficient (Wildman–Crippen LogP) is 4.05. The molecule has 0 saturated carbocycles. The molecule has 0 radical (unpaired) electrons. The highest BCUT2D eigenvalue weighted by Gasteiger charge is 2.11. The topological polar surface area (TPSA) is 30.5 Å². The normalized spacial score (nSPS) is 13.4. The molecule has 0 spiro atoms. The van der Waals surface area contributed by atoms with Crippen molar-refractivity contribution in [3.8, 4) is 11.5 Å². The molecule has 3 nitrogen and oxygen atoms in total. The Bertz CT molecular complexity index is 603. The third kappa shape index (κ3) is 4.30. The van der Waals surface area contributed by atoms with Crippen LogP contribution in [0.2, 0.25) is 4.34 Å². The van der Waals surface area contributed by atoms with E-state index in [0.29, 0.717) is 13.2 Å². The molecule has 1 aliphatic rings. The number of ether oxygens (including phenoxy) is 2. The number of halogens is 1. The molecule has 1 N–H and O–H groups in total. The standard InChI is InChI=1S/C15H16ClNO2S2/c16-15-4-2-12(21-15)10-17-5-8-20-11-1-3-13-14(9-11)19-7-6-18-13/h1-4,9,17H,5-8,10H2. The summed E-state index contributed by atoms with van der Waals surface area (Å²) in [7, 11) is 0. The lowest BCUT2D eigenvalue weighted by Crippen LogP contribution is -2.16. The molecule has 1 aromatic carbocycles. The lowest BCUT2D eigenvalue weighted by atomic mass is 10.3. The molecule has 112 valence electrons. The van der Waals surface area contributed by atoms with E-state index in [1.807, 2.05) is 23.9 Å². The van der Waals surface area contributed by atoms with Gasteiger partial charge in [0, 0.05) is 28.6 Å². The maximum absolute atomic E-state index is 5.90. The van der Waals surface area contributed by atoms with Gasteiger partial charge in [0.15, 0.2) is 11.5 Å². The van der Waals surface area contributed by atoms with Crippen LogP contribution < -0.4 is 14.8 Å². The zero-order chi connectivity index (χ0) is 14.5. The summed E-state index contributed by atoms with van der Waals surface area (Å²) in [6.07, 6.45) is 0. The van der Waals surface area contributed by atoms with Gasteiger partial charge >= 0.3 is 0 Å². The Hall–Kier alpha value is -0.880. The van der Waals surface area contributed by atoms with Crippen molar-refractivity contribution in [1.82, 2.24) is 5.32 Å². The summed E-state index contributed by atoms with van der Waals surface area (Å²) in [5.41, 5.74) is 0. The minimum Gasteiger partial charge on any atom is -0.486 e. The zero-order valence-corrected chi connectivity index (χ0v) is 13.8. The minimum atomic E-state index is 0.631. The second-order valence-electron chi connectivity index (χ2n) is 4.54. The van der Waals surface area contributed by atoms with Crippen molar-refractivity contribution in [2.75, 3.05) is 25.5 Å². The second-order valence-corrected chi connectivity index (χ2v) is 7.50. The molecule has 1 aromatic heterocycles. The summed E-state index contributed by atoms with van der Waals surface area (Å²) in [6.45, 7) is 3.09. The van der Waals surface area contributed by atoms with Crippen molar-refractivity contribution >= 4 is 34.7 Å². The highest BCUT2D eigenvalue weighted by molar-refractivity contribution is 7.99. The first kappa shape index (κ1) is 15.0. The number of rotatable bonds is 6. The van der Waals surface area contributed by atoms with Crippen LogP contribution in [0.3, 0.4) is 0 Å². The second kappa shape index (κ2) is 7.40. The first-order valence-corrected chi connectivity index (χ1v) is 8.97. The Kier molecular flexibility index (Phi) is 5.30. The lowest BCUT2D eigenvalue weighted by Gasteiger charge is -2.18. The largest absolute Gasteiger partial charge is 0.486 e. The van der Waals surface area contributed by atoms with E-state index >= 15 is 0 Å². The van der Waals surface area contributed by atoms with E-state index in [0.717, 1.165) is 34.7 Å². The van der Waals surface area contributed by atoms with Crippen LogP contribution in [0.25, 0.3) is 0 Å². The molecule has 2 heterocycles. The van der Waals surface area contributed by atoms with Gasteiger partial charge in [0.2, 0.25) is 0 Å². The maximum Gasteiger partial charge on any atom is 0.162 e. The number of thiophene rings is 1. The average Bonchev–Trinajstić information content (AvgIpc) is 2.92. The molecule has 0 unspecified atom stereocenters. The van der Waals surface area contributed by atoms with Gasteiger partial charge < -0.3 is 14.8 Å². The summed E-state index contributed by atoms with van der Waals surface area (Å²) in [4.78, 5) is 2.48. The average molecular weight is 342 g/mol. The lowest BCUT2D eigenvalue weighted by molar-refractivity contribution is 0.171. The van der Waals surface area contributed by atoms with Crippen LogP contribution in [0, 0.1) is 0 Å². The third-order valence-corrected chi connectivity index (χ3v) is 5.22. The molecular formula is C15H16ClNO2S2. The van der Waals surface area contributed by atoms with E-state index in [9.17, 15) is 0 Å². The third-order valence-electron chi connectivity index (χ3n) is 2.99. The van der Waals surface area contributed by atoms with Gasteiger partial charge in [0.1, 0.15) is 13.2 Å². The Balaban J connectivity index is 1.41. The van der Waals surface area contributed by atoms with E-state index in [1.54, 1.807) is 11.3 Å². The molecular weight excluding hydrogens is 326 g/mol. The Morgan fingerprint density at radius 2 is 2.00 bits per heavy atom. The summed E-state index contributed by atoms with van der Waals surface area (Å²) in [5, 5.41) is 3.42. The van der Waals surface area contributed by atoms with Crippen LogP contribution >= 0.6 is 34.7 Å². The van der Waals surface area contributed by atoms with Gasteiger partial charge in [-0.25, -0.2) is 0 Å². The molecule has 6 heteroatoms. The van der Waals surface area contributed by atoms with E-state index in [4.69, 9.17) is 21.1 Å². The van der Waals surface area contributed by atoms with Gasteiger partial charge in [-0.1, -0.05) is 11.6 Å². The van der Waals surface area contributed by atoms with Crippen LogP contribution in [-0.4, -0.2) is 25.5 Å². The van der Waals surface area contributed by atoms with Gasteiger partial charge in [-0.2, -0.15) is 0 Å². The molecule has 0 fully saturated rings. The molecule has 2 aromatic rings.